The van der Waals surface area contributed by atoms with E-state index >= 15 is 0 Å². The minimum Gasteiger partial charge on any atom is -0.496 e. The molecule has 0 atom stereocenters. The van der Waals surface area contributed by atoms with Gasteiger partial charge in [-0.05, 0) is 46.3 Å². The van der Waals surface area contributed by atoms with Crippen molar-refractivity contribution >= 4 is 37.7 Å². The van der Waals surface area contributed by atoms with Gasteiger partial charge in [-0.25, -0.2) is 13.1 Å². The van der Waals surface area contributed by atoms with Crippen molar-refractivity contribution in [3.8, 4) is 5.75 Å². The lowest BCUT2D eigenvalue weighted by Gasteiger charge is -2.09. The van der Waals surface area contributed by atoms with Crippen molar-refractivity contribution in [2.45, 2.75) is 11.3 Å². The largest absolute Gasteiger partial charge is 0.496 e. The number of sulfonamides is 1. The minimum absolute atomic E-state index is 0.165. The summed E-state index contributed by atoms with van der Waals surface area (Å²) in [5, 5.41) is 8.63. The van der Waals surface area contributed by atoms with Crippen LogP contribution in [0.15, 0.2) is 27.6 Å². The van der Waals surface area contributed by atoms with Gasteiger partial charge in [0.1, 0.15) is 5.75 Å². The van der Waals surface area contributed by atoms with Gasteiger partial charge in [-0.1, -0.05) is 0 Å². The van der Waals surface area contributed by atoms with Gasteiger partial charge >= 0.3 is 0 Å². The Morgan fingerprint density at radius 1 is 1.40 bits per heavy atom. The second-order valence-electron chi connectivity index (χ2n) is 3.88. The first kappa shape index (κ1) is 17.8. The molecule has 1 aromatic rings. The van der Waals surface area contributed by atoms with Crippen LogP contribution in [0.25, 0.3) is 0 Å². The van der Waals surface area contributed by atoms with Gasteiger partial charge in [-0.3, -0.25) is 0 Å². The number of aliphatic hydroxyl groups is 1. The number of hydrogen-bond donors (Lipinski definition) is 2. The highest BCUT2D eigenvalue weighted by Gasteiger charge is 2.15. The van der Waals surface area contributed by atoms with Crippen LogP contribution in [-0.2, 0) is 10.0 Å². The number of nitrogens with one attached hydrogen (secondary N) is 1. The molecule has 5 nitrogen and oxygen atoms in total. The standard InChI is InChI=1S/C12H18BrNO4S2/c1-18-12-4-3-10(9-11(12)13)20(16,17)14-5-8-19-7-2-6-15/h3-4,9,14-15H,2,5-8H2,1H3. The molecule has 0 unspecified atom stereocenters. The van der Waals surface area contributed by atoms with Crippen LogP contribution in [0.4, 0.5) is 0 Å². The van der Waals surface area contributed by atoms with Crippen molar-refractivity contribution in [3.05, 3.63) is 22.7 Å². The van der Waals surface area contributed by atoms with E-state index in [1.165, 1.54) is 19.2 Å². The number of methoxy groups -OCH3 is 1. The summed E-state index contributed by atoms with van der Waals surface area (Å²) in [4.78, 5) is 0.200. The zero-order chi connectivity index (χ0) is 15.0. The summed E-state index contributed by atoms with van der Waals surface area (Å²) >= 11 is 4.87. The fraction of sp³-hybridized carbons (Fsp3) is 0.500. The van der Waals surface area contributed by atoms with Crippen LogP contribution in [-0.4, -0.2) is 45.3 Å². The Bertz CT molecular complexity index is 522. The summed E-state index contributed by atoms with van der Waals surface area (Å²) in [6.45, 7) is 0.528. The van der Waals surface area contributed by atoms with Crippen molar-refractivity contribution in [1.29, 1.82) is 0 Å². The average Bonchev–Trinajstić information content (AvgIpc) is 2.42. The number of rotatable bonds is 9. The van der Waals surface area contributed by atoms with Crippen LogP contribution in [0.3, 0.4) is 0 Å². The van der Waals surface area contributed by atoms with E-state index in [4.69, 9.17) is 9.84 Å². The molecule has 0 aromatic heterocycles. The molecule has 0 radical (unpaired) electrons. The van der Waals surface area contributed by atoms with Crippen LogP contribution in [0.5, 0.6) is 5.75 Å². The SMILES string of the molecule is COc1ccc(S(=O)(=O)NCCSCCCO)cc1Br. The maximum Gasteiger partial charge on any atom is 0.240 e. The lowest BCUT2D eigenvalue weighted by molar-refractivity contribution is 0.296. The van der Waals surface area contributed by atoms with E-state index in [0.29, 0.717) is 22.5 Å². The fourth-order valence-corrected chi connectivity index (χ4v) is 4.08. The Morgan fingerprint density at radius 2 is 2.15 bits per heavy atom. The molecule has 1 rings (SSSR count). The molecule has 0 spiro atoms. The number of aliphatic hydroxyl groups excluding tert-OH is 1. The summed E-state index contributed by atoms with van der Waals surface area (Å²) in [6, 6.07) is 4.62. The number of halogens is 1. The zero-order valence-corrected chi connectivity index (χ0v) is 14.4. The molecule has 0 heterocycles. The highest BCUT2D eigenvalue weighted by Crippen LogP contribution is 2.27. The molecule has 8 heteroatoms. The third-order valence-corrected chi connectivity index (χ3v) is 5.57. The molecule has 0 aliphatic rings. The Balaban J connectivity index is 2.54. The molecule has 2 N–H and O–H groups in total. The first-order chi connectivity index (χ1) is 9.51. The summed E-state index contributed by atoms with van der Waals surface area (Å²) in [5.41, 5.74) is 0. The molecule has 0 saturated heterocycles. The first-order valence-electron chi connectivity index (χ1n) is 6.03. The topological polar surface area (TPSA) is 75.6 Å². The maximum absolute atomic E-state index is 12.1. The van der Waals surface area contributed by atoms with Crippen LogP contribution in [0, 0.1) is 0 Å². The molecule has 1 aromatic carbocycles. The van der Waals surface area contributed by atoms with Gasteiger partial charge in [0, 0.05) is 18.9 Å². The van der Waals surface area contributed by atoms with Crippen molar-refractivity contribution in [1.82, 2.24) is 4.72 Å². The molecule has 20 heavy (non-hydrogen) atoms. The highest BCUT2D eigenvalue weighted by molar-refractivity contribution is 9.10. The van der Waals surface area contributed by atoms with Crippen LogP contribution < -0.4 is 9.46 Å². The van der Waals surface area contributed by atoms with Gasteiger partial charge in [0.15, 0.2) is 0 Å². The first-order valence-corrected chi connectivity index (χ1v) is 9.46. The second-order valence-corrected chi connectivity index (χ2v) is 7.73. The monoisotopic (exact) mass is 383 g/mol. The Hall–Kier alpha value is -0.280. The van der Waals surface area contributed by atoms with Gasteiger partial charge in [0.05, 0.1) is 16.5 Å². The summed E-state index contributed by atoms with van der Waals surface area (Å²) in [7, 11) is -1.97. The van der Waals surface area contributed by atoms with Crippen molar-refractivity contribution in [2.75, 3.05) is 31.8 Å². The summed E-state index contributed by atoms with van der Waals surface area (Å²) in [6.07, 6.45) is 0.725. The van der Waals surface area contributed by atoms with Crippen molar-refractivity contribution < 1.29 is 18.3 Å². The summed E-state index contributed by atoms with van der Waals surface area (Å²) in [5.74, 6) is 2.09. The normalized spacial score (nSPS) is 11.6. The minimum atomic E-state index is -3.50. The Labute approximate surface area is 132 Å². The quantitative estimate of drug-likeness (QED) is 0.636. The number of ether oxygens (including phenoxy) is 1. The van der Waals surface area contributed by atoms with Gasteiger partial charge in [-0.2, -0.15) is 11.8 Å². The molecule has 0 aliphatic heterocycles. The van der Waals surface area contributed by atoms with E-state index in [9.17, 15) is 8.42 Å². The Morgan fingerprint density at radius 3 is 2.75 bits per heavy atom. The van der Waals surface area contributed by atoms with E-state index in [2.05, 4.69) is 20.7 Å². The average molecular weight is 384 g/mol. The lowest BCUT2D eigenvalue weighted by Crippen LogP contribution is -2.26. The van der Waals surface area contributed by atoms with E-state index in [1.54, 1.807) is 17.8 Å². The number of hydrogen-bond acceptors (Lipinski definition) is 5. The van der Waals surface area contributed by atoms with Crippen LogP contribution >= 0.6 is 27.7 Å². The van der Waals surface area contributed by atoms with Gasteiger partial charge in [0.2, 0.25) is 10.0 Å². The fourth-order valence-electron chi connectivity index (χ4n) is 1.41. The molecule has 0 aliphatic carbocycles. The second kappa shape index (κ2) is 8.89. The molecule has 114 valence electrons. The lowest BCUT2D eigenvalue weighted by atomic mass is 10.3. The van der Waals surface area contributed by atoms with Crippen LogP contribution in [0.1, 0.15) is 6.42 Å². The predicted molar refractivity (Wildman–Crippen MR) is 84.9 cm³/mol. The van der Waals surface area contributed by atoms with Crippen molar-refractivity contribution in [2.24, 2.45) is 0 Å². The Kier molecular flexibility index (Phi) is 7.90. The third-order valence-electron chi connectivity index (χ3n) is 2.42. The van der Waals surface area contributed by atoms with E-state index in [-0.39, 0.29) is 11.5 Å². The van der Waals surface area contributed by atoms with Crippen LogP contribution in [0.2, 0.25) is 0 Å². The molecular formula is C12H18BrNO4S2. The zero-order valence-electron chi connectivity index (χ0n) is 11.1. The number of benzene rings is 1. The maximum atomic E-state index is 12.1. The molecular weight excluding hydrogens is 366 g/mol. The molecule has 0 bridgehead atoms. The highest BCUT2D eigenvalue weighted by atomic mass is 79.9. The predicted octanol–water partition coefficient (Wildman–Crippen LogP) is 1.85. The summed E-state index contributed by atoms with van der Waals surface area (Å²) < 4.78 is 32.3. The van der Waals surface area contributed by atoms with Gasteiger partial charge in [0.25, 0.3) is 0 Å². The molecule has 0 amide bonds. The van der Waals surface area contributed by atoms with Crippen molar-refractivity contribution in [3.63, 3.8) is 0 Å². The molecule has 0 fully saturated rings. The smallest absolute Gasteiger partial charge is 0.240 e. The van der Waals surface area contributed by atoms with Gasteiger partial charge < -0.3 is 9.84 Å². The van der Waals surface area contributed by atoms with E-state index in [1.807, 2.05) is 0 Å². The molecule has 0 saturated carbocycles. The van der Waals surface area contributed by atoms with E-state index < -0.39 is 10.0 Å². The third kappa shape index (κ3) is 5.61. The van der Waals surface area contributed by atoms with E-state index in [0.717, 1.165) is 12.2 Å². The number of thioether (sulfide) groups is 1. The van der Waals surface area contributed by atoms with Gasteiger partial charge in [-0.15, -0.1) is 0 Å².